The summed E-state index contributed by atoms with van der Waals surface area (Å²) in [7, 11) is 5.94. The van der Waals surface area contributed by atoms with E-state index in [0.717, 1.165) is 81.2 Å². The monoisotopic (exact) mass is 505 g/mol. The Kier molecular flexibility index (Phi) is 6.49. The fourth-order valence-electron chi connectivity index (χ4n) is 6.60. The van der Waals surface area contributed by atoms with E-state index < -0.39 is 0 Å². The molecule has 0 bridgehead atoms. The van der Waals surface area contributed by atoms with Crippen molar-refractivity contribution >= 4 is 27.9 Å². The van der Waals surface area contributed by atoms with Crippen LogP contribution in [-0.2, 0) is 0 Å². The maximum atomic E-state index is 15.2. The van der Waals surface area contributed by atoms with Gasteiger partial charge in [0, 0.05) is 90.0 Å². The van der Waals surface area contributed by atoms with E-state index in [1.165, 1.54) is 30.7 Å². The van der Waals surface area contributed by atoms with Crippen molar-refractivity contribution in [1.82, 2.24) is 25.4 Å². The number of aromatic nitrogens is 1. The van der Waals surface area contributed by atoms with Crippen LogP contribution in [0, 0.1) is 11.2 Å². The Morgan fingerprint density at radius 3 is 2.54 bits per heavy atom. The number of hydrogen-bond acceptors (Lipinski definition) is 7. The molecule has 37 heavy (non-hydrogen) atoms. The highest BCUT2D eigenvalue weighted by atomic mass is 19.1. The number of nitrogens with zero attached hydrogens (tertiary/aromatic N) is 5. The number of halogens is 1. The summed E-state index contributed by atoms with van der Waals surface area (Å²) in [6.07, 6.45) is 8.16. The summed E-state index contributed by atoms with van der Waals surface area (Å²) in [5, 5.41) is 7.97. The van der Waals surface area contributed by atoms with Gasteiger partial charge < -0.3 is 30.2 Å². The minimum atomic E-state index is -0.193. The molecule has 1 spiro atoms. The van der Waals surface area contributed by atoms with Crippen molar-refractivity contribution in [3.05, 3.63) is 47.7 Å². The smallest absolute Gasteiger partial charge is 0.147 e. The van der Waals surface area contributed by atoms with E-state index >= 15 is 4.39 Å². The normalized spacial score (nSPS) is 24.6. The van der Waals surface area contributed by atoms with Crippen molar-refractivity contribution in [2.45, 2.75) is 19.3 Å². The van der Waals surface area contributed by atoms with Crippen LogP contribution < -0.4 is 20.4 Å². The van der Waals surface area contributed by atoms with Gasteiger partial charge in [-0.3, -0.25) is 0 Å². The molecular formula is C29H40FN7. The minimum absolute atomic E-state index is 0.193. The lowest BCUT2D eigenvalue weighted by Crippen LogP contribution is -2.46. The Labute approximate surface area is 220 Å². The van der Waals surface area contributed by atoms with Gasteiger partial charge in [-0.2, -0.15) is 0 Å². The topological polar surface area (TPSA) is 49.9 Å². The summed E-state index contributed by atoms with van der Waals surface area (Å²) in [4.78, 5) is 14.2. The van der Waals surface area contributed by atoms with Crippen LogP contribution in [0.3, 0.4) is 0 Å². The van der Waals surface area contributed by atoms with Crippen LogP contribution in [0.4, 0.5) is 15.8 Å². The molecule has 0 radical (unpaired) electrons. The van der Waals surface area contributed by atoms with Gasteiger partial charge in [-0.25, -0.2) is 9.37 Å². The lowest BCUT2D eigenvalue weighted by atomic mass is 9.80. The highest BCUT2D eigenvalue weighted by Crippen LogP contribution is 2.42. The van der Waals surface area contributed by atoms with Crippen molar-refractivity contribution in [2.75, 3.05) is 89.8 Å². The standard InChI is InChI=1S/C29H40FN7/c1-34(2)27-17-25-22(15-23(27)30)26(37-12-8-29(20-37)7-4-9-32-19-29)16-24(33-25)21-5-6-28(35(3)18-21)36-13-10-31-11-14-36/h5-6,15-17,31-32H,4,7-14,18-20H2,1-3H3. The van der Waals surface area contributed by atoms with E-state index in [1.807, 2.05) is 25.1 Å². The number of rotatable bonds is 4. The number of hydrogen-bond donors (Lipinski definition) is 2. The number of piperazine rings is 1. The molecule has 0 amide bonds. The summed E-state index contributed by atoms with van der Waals surface area (Å²) in [5.41, 5.74) is 5.07. The molecule has 3 saturated heterocycles. The van der Waals surface area contributed by atoms with E-state index in [9.17, 15) is 0 Å². The van der Waals surface area contributed by atoms with E-state index in [-0.39, 0.29) is 5.82 Å². The molecule has 198 valence electrons. The highest BCUT2D eigenvalue weighted by Gasteiger charge is 2.39. The second-order valence-corrected chi connectivity index (χ2v) is 11.5. The maximum Gasteiger partial charge on any atom is 0.147 e. The SMILES string of the molecule is CN1CC(c2cc(N3CCC4(CCCNC4)C3)c3cc(F)c(N(C)C)cc3n2)=CC=C1N1CCNCC1. The van der Waals surface area contributed by atoms with Gasteiger partial charge in [0.2, 0.25) is 0 Å². The van der Waals surface area contributed by atoms with Crippen molar-refractivity contribution in [3.63, 3.8) is 0 Å². The molecule has 0 saturated carbocycles. The fraction of sp³-hybridized carbons (Fsp3) is 0.552. The first-order valence-electron chi connectivity index (χ1n) is 13.8. The number of likely N-dealkylation sites (N-methyl/N-ethyl adjacent to an activating group) is 1. The lowest BCUT2D eigenvalue weighted by Gasteiger charge is -2.38. The van der Waals surface area contributed by atoms with Crippen LogP contribution in [0.15, 0.2) is 36.2 Å². The van der Waals surface area contributed by atoms with Gasteiger partial charge in [-0.1, -0.05) is 6.08 Å². The Morgan fingerprint density at radius 2 is 1.81 bits per heavy atom. The van der Waals surface area contributed by atoms with Gasteiger partial charge in [0.15, 0.2) is 0 Å². The van der Waals surface area contributed by atoms with E-state index in [4.69, 9.17) is 4.98 Å². The zero-order chi connectivity index (χ0) is 25.6. The first kappa shape index (κ1) is 24.5. The average molecular weight is 506 g/mol. The fourth-order valence-corrected chi connectivity index (χ4v) is 6.60. The molecule has 8 heteroatoms. The first-order chi connectivity index (χ1) is 17.9. The number of anilines is 2. The first-order valence-corrected chi connectivity index (χ1v) is 13.8. The van der Waals surface area contributed by atoms with E-state index in [2.05, 4.69) is 50.6 Å². The molecule has 6 rings (SSSR count). The number of pyridine rings is 1. The van der Waals surface area contributed by atoms with Crippen LogP contribution in [-0.4, -0.2) is 94.8 Å². The summed E-state index contributed by atoms with van der Waals surface area (Å²) in [6.45, 7) is 9.13. The highest BCUT2D eigenvalue weighted by molar-refractivity contribution is 5.96. The van der Waals surface area contributed by atoms with Crippen molar-refractivity contribution < 1.29 is 4.39 Å². The van der Waals surface area contributed by atoms with Crippen LogP contribution >= 0.6 is 0 Å². The molecule has 2 aromatic rings. The van der Waals surface area contributed by atoms with Crippen LogP contribution in [0.1, 0.15) is 25.0 Å². The lowest BCUT2D eigenvalue weighted by molar-refractivity contribution is 0.222. The second-order valence-electron chi connectivity index (χ2n) is 11.5. The molecule has 2 N–H and O–H groups in total. The number of piperidine rings is 1. The summed E-state index contributed by atoms with van der Waals surface area (Å²) >= 11 is 0. The van der Waals surface area contributed by atoms with Crippen molar-refractivity contribution in [1.29, 1.82) is 0 Å². The zero-order valence-electron chi connectivity index (χ0n) is 22.5. The molecule has 4 aliphatic heterocycles. The third kappa shape index (κ3) is 4.66. The largest absolute Gasteiger partial charge is 0.375 e. The second kappa shape index (κ2) is 9.80. The summed E-state index contributed by atoms with van der Waals surface area (Å²) in [6, 6.07) is 5.83. The molecule has 1 aromatic carbocycles. The summed E-state index contributed by atoms with van der Waals surface area (Å²) in [5.74, 6) is 1.08. The van der Waals surface area contributed by atoms with E-state index in [1.54, 1.807) is 6.07 Å². The molecule has 1 unspecified atom stereocenters. The quantitative estimate of drug-likeness (QED) is 0.662. The Morgan fingerprint density at radius 1 is 0.973 bits per heavy atom. The summed E-state index contributed by atoms with van der Waals surface area (Å²) < 4.78 is 15.2. The van der Waals surface area contributed by atoms with E-state index in [0.29, 0.717) is 11.1 Å². The van der Waals surface area contributed by atoms with Gasteiger partial charge >= 0.3 is 0 Å². The number of nitrogens with one attached hydrogen (secondary N) is 2. The predicted octanol–water partition coefficient (Wildman–Crippen LogP) is 3.10. The molecule has 3 fully saturated rings. The Bertz CT molecular complexity index is 1220. The predicted molar refractivity (Wildman–Crippen MR) is 151 cm³/mol. The Hall–Kier alpha value is -2.84. The van der Waals surface area contributed by atoms with Crippen LogP contribution in [0.2, 0.25) is 0 Å². The third-order valence-electron chi connectivity index (χ3n) is 8.68. The number of fused-ring (bicyclic) bond motifs is 1. The molecule has 7 nitrogen and oxygen atoms in total. The third-order valence-corrected chi connectivity index (χ3v) is 8.68. The van der Waals surface area contributed by atoms with Gasteiger partial charge in [0.25, 0.3) is 0 Å². The molecule has 4 aliphatic rings. The van der Waals surface area contributed by atoms with Crippen LogP contribution in [0.5, 0.6) is 0 Å². The van der Waals surface area contributed by atoms with Gasteiger partial charge in [0.05, 0.1) is 16.9 Å². The number of benzene rings is 1. The maximum absolute atomic E-state index is 15.2. The average Bonchev–Trinajstić information content (AvgIpc) is 3.31. The van der Waals surface area contributed by atoms with Crippen molar-refractivity contribution in [2.24, 2.45) is 5.41 Å². The van der Waals surface area contributed by atoms with Crippen LogP contribution in [0.25, 0.3) is 16.5 Å². The van der Waals surface area contributed by atoms with Gasteiger partial charge in [-0.05, 0) is 55.7 Å². The molecule has 0 aliphatic carbocycles. The molecule has 1 aromatic heterocycles. The van der Waals surface area contributed by atoms with Crippen molar-refractivity contribution in [3.8, 4) is 0 Å². The zero-order valence-corrected chi connectivity index (χ0v) is 22.5. The van der Waals surface area contributed by atoms with Gasteiger partial charge in [-0.15, -0.1) is 0 Å². The Balaban J connectivity index is 1.41. The number of allylic oxidation sites excluding steroid dienone is 2. The molecular weight excluding hydrogens is 465 g/mol. The van der Waals surface area contributed by atoms with Gasteiger partial charge in [0.1, 0.15) is 11.6 Å². The molecule has 1 atom stereocenters. The minimum Gasteiger partial charge on any atom is -0.375 e. The molecule has 5 heterocycles.